The highest BCUT2D eigenvalue weighted by molar-refractivity contribution is 5.96. The Labute approximate surface area is 105 Å². The van der Waals surface area contributed by atoms with Crippen molar-refractivity contribution in [3.63, 3.8) is 0 Å². The van der Waals surface area contributed by atoms with E-state index in [9.17, 15) is 9.59 Å². The molecular weight excluding hydrogens is 230 g/mol. The molecule has 18 heavy (non-hydrogen) atoms. The van der Waals surface area contributed by atoms with Crippen molar-refractivity contribution in [1.82, 2.24) is 0 Å². The third-order valence-corrected chi connectivity index (χ3v) is 2.96. The first-order valence-corrected chi connectivity index (χ1v) is 5.67. The minimum absolute atomic E-state index is 0.0127. The van der Waals surface area contributed by atoms with Crippen molar-refractivity contribution in [2.24, 2.45) is 5.92 Å². The molecule has 1 aromatic carbocycles. The van der Waals surface area contributed by atoms with E-state index in [-0.39, 0.29) is 18.2 Å². The minimum Gasteiger partial charge on any atom is -0.481 e. The first kappa shape index (κ1) is 12.2. The van der Waals surface area contributed by atoms with E-state index < -0.39 is 5.97 Å². The van der Waals surface area contributed by atoms with E-state index in [2.05, 4.69) is 5.92 Å². The Kier molecular flexibility index (Phi) is 3.33. The van der Waals surface area contributed by atoms with Crippen molar-refractivity contribution in [2.45, 2.75) is 12.8 Å². The summed E-state index contributed by atoms with van der Waals surface area (Å²) in [6.45, 7) is 0.535. The molecule has 0 saturated carbocycles. The molecular formula is C14H13NO3. The average molecular weight is 243 g/mol. The van der Waals surface area contributed by atoms with Gasteiger partial charge in [0.2, 0.25) is 5.91 Å². The van der Waals surface area contributed by atoms with Crippen molar-refractivity contribution < 1.29 is 14.7 Å². The number of hydrogen-bond donors (Lipinski definition) is 1. The first-order valence-electron chi connectivity index (χ1n) is 5.67. The zero-order valence-electron chi connectivity index (χ0n) is 9.80. The average Bonchev–Trinajstić information content (AvgIpc) is 2.71. The third kappa shape index (κ3) is 2.51. The van der Waals surface area contributed by atoms with Gasteiger partial charge in [-0.15, -0.1) is 12.3 Å². The van der Waals surface area contributed by atoms with Gasteiger partial charge in [-0.1, -0.05) is 12.1 Å². The summed E-state index contributed by atoms with van der Waals surface area (Å²) in [7, 11) is 0. The number of anilines is 1. The molecule has 0 spiro atoms. The molecule has 1 unspecified atom stereocenters. The van der Waals surface area contributed by atoms with Crippen LogP contribution in [0.2, 0.25) is 0 Å². The van der Waals surface area contributed by atoms with Crippen LogP contribution in [-0.2, 0) is 16.0 Å². The van der Waals surface area contributed by atoms with Crippen molar-refractivity contribution in [3.8, 4) is 12.3 Å². The number of aliphatic carboxylic acids is 1. The Hall–Kier alpha value is -2.28. The van der Waals surface area contributed by atoms with Crippen LogP contribution in [0.4, 0.5) is 5.69 Å². The number of rotatable bonds is 3. The predicted molar refractivity (Wildman–Crippen MR) is 67.1 cm³/mol. The molecule has 1 aliphatic rings. The lowest BCUT2D eigenvalue weighted by Crippen LogP contribution is -2.24. The number of carbonyl (C=O) groups is 2. The SMILES string of the molecule is C#CC1CC(=O)N(c2ccc(CC(=O)O)cc2)C1. The van der Waals surface area contributed by atoms with Gasteiger partial charge in [0.05, 0.1) is 6.42 Å². The summed E-state index contributed by atoms with van der Waals surface area (Å²) in [6.07, 6.45) is 5.69. The summed E-state index contributed by atoms with van der Waals surface area (Å²) in [6, 6.07) is 6.96. The van der Waals surface area contributed by atoms with Gasteiger partial charge in [-0.25, -0.2) is 0 Å². The Bertz CT molecular complexity index is 513. The summed E-state index contributed by atoms with van der Waals surface area (Å²) in [5.41, 5.74) is 1.48. The second-order valence-corrected chi connectivity index (χ2v) is 4.31. The molecule has 0 bridgehead atoms. The normalized spacial score (nSPS) is 18.7. The zero-order valence-corrected chi connectivity index (χ0v) is 9.80. The van der Waals surface area contributed by atoms with E-state index in [1.54, 1.807) is 29.2 Å². The second kappa shape index (κ2) is 4.92. The smallest absolute Gasteiger partial charge is 0.307 e. The highest BCUT2D eigenvalue weighted by Crippen LogP contribution is 2.24. The number of terminal acetylenes is 1. The van der Waals surface area contributed by atoms with Crippen LogP contribution in [0.3, 0.4) is 0 Å². The minimum atomic E-state index is -0.868. The zero-order chi connectivity index (χ0) is 13.1. The topological polar surface area (TPSA) is 57.6 Å². The summed E-state index contributed by atoms with van der Waals surface area (Å²) in [5.74, 6) is 1.71. The first-order chi connectivity index (χ1) is 8.60. The van der Waals surface area contributed by atoms with Crippen LogP contribution in [0.5, 0.6) is 0 Å². The molecule has 0 aromatic heterocycles. The highest BCUT2D eigenvalue weighted by atomic mass is 16.4. The molecule has 1 saturated heterocycles. The fourth-order valence-electron chi connectivity index (χ4n) is 2.04. The summed E-state index contributed by atoms with van der Waals surface area (Å²) in [4.78, 5) is 23.9. The van der Waals surface area contributed by atoms with Crippen LogP contribution in [0.1, 0.15) is 12.0 Å². The van der Waals surface area contributed by atoms with E-state index in [0.717, 1.165) is 5.69 Å². The number of carbonyl (C=O) groups excluding carboxylic acids is 1. The molecule has 0 radical (unpaired) electrons. The Morgan fingerprint density at radius 1 is 1.44 bits per heavy atom. The van der Waals surface area contributed by atoms with E-state index in [1.807, 2.05) is 0 Å². The van der Waals surface area contributed by atoms with Gasteiger partial charge in [0.25, 0.3) is 0 Å². The number of carboxylic acid groups (broad SMARTS) is 1. The van der Waals surface area contributed by atoms with Crippen molar-refractivity contribution in [2.75, 3.05) is 11.4 Å². The van der Waals surface area contributed by atoms with Gasteiger partial charge in [-0.2, -0.15) is 0 Å². The maximum absolute atomic E-state index is 11.7. The number of nitrogens with zero attached hydrogens (tertiary/aromatic N) is 1. The van der Waals surface area contributed by atoms with Crippen LogP contribution in [0.15, 0.2) is 24.3 Å². The summed E-state index contributed by atoms with van der Waals surface area (Å²) >= 11 is 0. The van der Waals surface area contributed by atoms with Crippen LogP contribution in [0, 0.1) is 18.3 Å². The monoisotopic (exact) mass is 243 g/mol. The summed E-state index contributed by atoms with van der Waals surface area (Å²) < 4.78 is 0. The maximum Gasteiger partial charge on any atom is 0.307 e. The molecule has 92 valence electrons. The molecule has 1 N–H and O–H groups in total. The second-order valence-electron chi connectivity index (χ2n) is 4.31. The largest absolute Gasteiger partial charge is 0.481 e. The molecule has 1 atom stereocenters. The molecule has 4 nitrogen and oxygen atoms in total. The summed E-state index contributed by atoms with van der Waals surface area (Å²) in [5, 5.41) is 8.67. The van der Waals surface area contributed by atoms with Gasteiger partial charge in [0.15, 0.2) is 0 Å². The highest BCUT2D eigenvalue weighted by Gasteiger charge is 2.29. The van der Waals surface area contributed by atoms with Gasteiger partial charge in [-0.05, 0) is 17.7 Å². The van der Waals surface area contributed by atoms with Gasteiger partial charge in [0.1, 0.15) is 0 Å². The van der Waals surface area contributed by atoms with Gasteiger partial charge < -0.3 is 10.0 Å². The van der Waals surface area contributed by atoms with E-state index in [4.69, 9.17) is 11.5 Å². The molecule has 1 aromatic rings. The van der Waals surface area contributed by atoms with E-state index in [0.29, 0.717) is 18.5 Å². The van der Waals surface area contributed by atoms with E-state index >= 15 is 0 Å². The Morgan fingerprint density at radius 3 is 2.61 bits per heavy atom. The number of carboxylic acids is 1. The van der Waals surface area contributed by atoms with Gasteiger partial charge in [-0.3, -0.25) is 9.59 Å². The molecule has 4 heteroatoms. The fraction of sp³-hybridized carbons (Fsp3) is 0.286. The number of benzene rings is 1. The number of amides is 1. The molecule has 1 amide bonds. The van der Waals surface area contributed by atoms with Crippen LogP contribution >= 0.6 is 0 Å². The maximum atomic E-state index is 11.7. The molecule has 1 heterocycles. The van der Waals surface area contributed by atoms with Crippen LogP contribution in [-0.4, -0.2) is 23.5 Å². The Balaban J connectivity index is 2.13. The van der Waals surface area contributed by atoms with Crippen molar-refractivity contribution in [1.29, 1.82) is 0 Å². The lowest BCUT2D eigenvalue weighted by Gasteiger charge is -2.16. The predicted octanol–water partition coefficient (Wildman–Crippen LogP) is 1.30. The van der Waals surface area contributed by atoms with Gasteiger partial charge in [0, 0.05) is 24.6 Å². The lowest BCUT2D eigenvalue weighted by molar-refractivity contribution is -0.136. The lowest BCUT2D eigenvalue weighted by atomic mass is 10.1. The molecule has 1 fully saturated rings. The van der Waals surface area contributed by atoms with Crippen molar-refractivity contribution in [3.05, 3.63) is 29.8 Å². The van der Waals surface area contributed by atoms with Crippen LogP contribution < -0.4 is 4.90 Å². The third-order valence-electron chi connectivity index (χ3n) is 2.96. The molecule has 1 aliphatic heterocycles. The Morgan fingerprint density at radius 2 is 2.11 bits per heavy atom. The van der Waals surface area contributed by atoms with Crippen LogP contribution in [0.25, 0.3) is 0 Å². The molecule has 0 aliphatic carbocycles. The van der Waals surface area contributed by atoms with E-state index in [1.165, 1.54) is 0 Å². The van der Waals surface area contributed by atoms with Gasteiger partial charge >= 0.3 is 5.97 Å². The quantitative estimate of drug-likeness (QED) is 0.814. The number of hydrogen-bond acceptors (Lipinski definition) is 2. The fourth-order valence-corrected chi connectivity index (χ4v) is 2.04. The van der Waals surface area contributed by atoms with Crippen molar-refractivity contribution >= 4 is 17.6 Å². The molecule has 2 rings (SSSR count). The standard InChI is InChI=1S/C14H13NO3/c1-2-10-7-13(16)15(9-10)12-5-3-11(4-6-12)8-14(17)18/h1,3-6,10H,7-9H2,(H,17,18).